The Kier molecular flexibility index (Phi) is 5.22. The van der Waals surface area contributed by atoms with Gasteiger partial charge in [0.25, 0.3) is 0 Å². The number of likely N-dealkylation sites (N-methyl/N-ethyl adjacent to an activating group) is 1. The molecule has 3 nitrogen and oxygen atoms in total. The first kappa shape index (κ1) is 16.2. The van der Waals surface area contributed by atoms with Crippen molar-refractivity contribution in [1.82, 2.24) is 4.90 Å². The zero-order valence-electron chi connectivity index (χ0n) is 13.6. The van der Waals surface area contributed by atoms with Gasteiger partial charge in [-0.2, -0.15) is 0 Å². The fourth-order valence-corrected chi connectivity index (χ4v) is 3.17. The molecule has 1 aromatic carbocycles. The molecule has 0 saturated carbocycles. The van der Waals surface area contributed by atoms with Crippen molar-refractivity contribution in [2.24, 2.45) is 0 Å². The lowest BCUT2D eigenvalue weighted by atomic mass is 10.0. The van der Waals surface area contributed by atoms with Crippen LogP contribution in [0.15, 0.2) is 12.1 Å². The molecule has 1 heterocycles. The summed E-state index contributed by atoms with van der Waals surface area (Å²) in [5.74, 6) is -0.241. The van der Waals surface area contributed by atoms with Gasteiger partial charge in [0.2, 0.25) is 0 Å². The van der Waals surface area contributed by atoms with Crippen LogP contribution in [0, 0.1) is 12.7 Å². The number of aliphatic hydroxyl groups excluding tert-OH is 1. The van der Waals surface area contributed by atoms with Gasteiger partial charge in [-0.3, -0.25) is 0 Å². The van der Waals surface area contributed by atoms with E-state index in [4.69, 9.17) is 0 Å². The van der Waals surface area contributed by atoms with Gasteiger partial charge in [0.15, 0.2) is 0 Å². The first-order chi connectivity index (χ1) is 9.93. The fourth-order valence-electron chi connectivity index (χ4n) is 3.17. The van der Waals surface area contributed by atoms with Gasteiger partial charge < -0.3 is 14.9 Å². The van der Waals surface area contributed by atoms with E-state index in [1.165, 1.54) is 6.07 Å². The average Bonchev–Trinajstić information content (AvgIpc) is 2.62. The van der Waals surface area contributed by atoms with Crippen molar-refractivity contribution in [1.29, 1.82) is 0 Å². The Morgan fingerprint density at radius 1 is 1.38 bits per heavy atom. The lowest BCUT2D eigenvalue weighted by molar-refractivity contribution is 0.199. The number of hydrogen-bond donors (Lipinski definition) is 1. The summed E-state index contributed by atoms with van der Waals surface area (Å²) in [6.45, 7) is 8.72. The Balaban J connectivity index is 2.44. The Hall–Kier alpha value is -1.13. The maximum atomic E-state index is 13.9. The lowest BCUT2D eigenvalue weighted by Crippen LogP contribution is -2.40. The van der Waals surface area contributed by atoms with E-state index in [0.717, 1.165) is 38.2 Å². The summed E-state index contributed by atoms with van der Waals surface area (Å²) in [4.78, 5) is 4.71. The summed E-state index contributed by atoms with van der Waals surface area (Å²) in [5, 5.41) is 10.0. The maximum absolute atomic E-state index is 13.9. The quantitative estimate of drug-likeness (QED) is 0.928. The van der Waals surface area contributed by atoms with Crippen LogP contribution in [0.5, 0.6) is 0 Å². The van der Waals surface area contributed by atoms with E-state index in [9.17, 15) is 9.50 Å². The van der Waals surface area contributed by atoms with E-state index in [0.29, 0.717) is 17.2 Å². The average molecular weight is 294 g/mol. The summed E-state index contributed by atoms with van der Waals surface area (Å²) in [5.41, 5.74) is 2.33. The highest BCUT2D eigenvalue weighted by Gasteiger charge is 2.25. The second-order valence-corrected chi connectivity index (χ2v) is 6.21. The Bertz CT molecular complexity index is 490. The highest BCUT2D eigenvalue weighted by Crippen LogP contribution is 2.32. The standard InChI is InChI=1S/C17H27FN2O/c1-5-14-11-19(4)7-6-8-20(14)17-9-12(2)16(18)10-15(17)13(3)21/h9-10,13-14,21H,5-8,11H2,1-4H3/t13-,14?/m0/s1. The molecule has 1 aliphatic rings. The molecule has 1 aliphatic heterocycles. The summed E-state index contributed by atoms with van der Waals surface area (Å²) in [7, 11) is 2.15. The van der Waals surface area contributed by atoms with Gasteiger partial charge in [-0.15, -0.1) is 0 Å². The van der Waals surface area contributed by atoms with Crippen LogP contribution in [0.3, 0.4) is 0 Å². The molecule has 2 atom stereocenters. The zero-order chi connectivity index (χ0) is 15.6. The van der Waals surface area contributed by atoms with Crippen LogP contribution in [0.25, 0.3) is 0 Å². The molecular formula is C17H27FN2O. The SMILES string of the molecule is CCC1CN(C)CCCN1c1cc(C)c(F)cc1[C@H](C)O. The van der Waals surface area contributed by atoms with E-state index in [2.05, 4.69) is 23.8 Å². The van der Waals surface area contributed by atoms with Crippen LogP contribution in [0.4, 0.5) is 10.1 Å². The van der Waals surface area contributed by atoms with Crippen LogP contribution in [-0.2, 0) is 0 Å². The van der Waals surface area contributed by atoms with Gasteiger partial charge in [-0.25, -0.2) is 4.39 Å². The molecule has 1 N–H and O–H groups in total. The second kappa shape index (κ2) is 6.75. The van der Waals surface area contributed by atoms with Crippen molar-refractivity contribution in [3.05, 3.63) is 29.1 Å². The normalized spacial score (nSPS) is 22.2. The van der Waals surface area contributed by atoms with E-state index in [1.54, 1.807) is 13.8 Å². The predicted octanol–water partition coefficient (Wildman–Crippen LogP) is 3.11. The molecule has 21 heavy (non-hydrogen) atoms. The van der Waals surface area contributed by atoms with E-state index >= 15 is 0 Å². The van der Waals surface area contributed by atoms with E-state index in [1.807, 2.05) is 6.07 Å². The highest BCUT2D eigenvalue weighted by molar-refractivity contribution is 5.57. The zero-order valence-corrected chi connectivity index (χ0v) is 13.6. The van der Waals surface area contributed by atoms with Gasteiger partial charge in [0.05, 0.1) is 6.10 Å². The highest BCUT2D eigenvalue weighted by atomic mass is 19.1. The van der Waals surface area contributed by atoms with Crippen molar-refractivity contribution in [2.75, 3.05) is 31.6 Å². The third-order valence-electron chi connectivity index (χ3n) is 4.44. The van der Waals surface area contributed by atoms with Crippen LogP contribution >= 0.6 is 0 Å². The first-order valence-corrected chi connectivity index (χ1v) is 7.87. The van der Waals surface area contributed by atoms with Crippen molar-refractivity contribution in [3.8, 4) is 0 Å². The molecule has 1 saturated heterocycles. The maximum Gasteiger partial charge on any atom is 0.126 e. The summed E-state index contributed by atoms with van der Waals surface area (Å²) >= 11 is 0. The van der Waals surface area contributed by atoms with Crippen molar-refractivity contribution >= 4 is 5.69 Å². The predicted molar refractivity (Wildman–Crippen MR) is 85.3 cm³/mol. The van der Waals surface area contributed by atoms with Crippen LogP contribution in [-0.4, -0.2) is 42.7 Å². The number of nitrogens with zero attached hydrogens (tertiary/aromatic N) is 2. The molecule has 0 radical (unpaired) electrons. The summed E-state index contributed by atoms with van der Waals surface area (Å²) < 4.78 is 13.9. The number of hydrogen-bond acceptors (Lipinski definition) is 3. The topological polar surface area (TPSA) is 26.7 Å². The van der Waals surface area contributed by atoms with Gasteiger partial charge >= 0.3 is 0 Å². The second-order valence-electron chi connectivity index (χ2n) is 6.21. The number of aryl methyl sites for hydroxylation is 1. The van der Waals surface area contributed by atoms with Crippen molar-refractivity contribution < 1.29 is 9.50 Å². The van der Waals surface area contributed by atoms with Gasteiger partial charge in [0, 0.05) is 30.4 Å². The van der Waals surface area contributed by atoms with Crippen LogP contribution in [0.2, 0.25) is 0 Å². The third kappa shape index (κ3) is 3.55. The molecule has 2 rings (SSSR count). The fraction of sp³-hybridized carbons (Fsp3) is 0.647. The molecule has 0 aliphatic carbocycles. The monoisotopic (exact) mass is 294 g/mol. The van der Waals surface area contributed by atoms with Crippen molar-refractivity contribution in [3.63, 3.8) is 0 Å². The number of aliphatic hydroxyl groups is 1. The molecule has 0 spiro atoms. The molecule has 1 unspecified atom stereocenters. The minimum Gasteiger partial charge on any atom is -0.389 e. The van der Waals surface area contributed by atoms with Crippen LogP contribution < -0.4 is 4.90 Å². The summed E-state index contributed by atoms with van der Waals surface area (Å²) in [6.07, 6.45) is 1.47. The number of rotatable bonds is 3. The third-order valence-corrected chi connectivity index (χ3v) is 4.44. The van der Waals surface area contributed by atoms with E-state index in [-0.39, 0.29) is 5.82 Å². The Morgan fingerprint density at radius 3 is 2.71 bits per heavy atom. The number of halogens is 1. The van der Waals surface area contributed by atoms with Gasteiger partial charge in [0.1, 0.15) is 5.82 Å². The lowest BCUT2D eigenvalue weighted by Gasteiger charge is -2.34. The molecule has 1 aromatic rings. The summed E-state index contributed by atoms with van der Waals surface area (Å²) in [6, 6.07) is 3.79. The minimum absolute atomic E-state index is 0.241. The molecule has 118 valence electrons. The van der Waals surface area contributed by atoms with Gasteiger partial charge in [-0.1, -0.05) is 6.92 Å². The number of benzene rings is 1. The first-order valence-electron chi connectivity index (χ1n) is 7.87. The smallest absolute Gasteiger partial charge is 0.126 e. The van der Waals surface area contributed by atoms with E-state index < -0.39 is 6.10 Å². The van der Waals surface area contributed by atoms with Crippen molar-refractivity contribution in [2.45, 2.75) is 45.8 Å². The Morgan fingerprint density at radius 2 is 2.10 bits per heavy atom. The molecule has 1 fully saturated rings. The van der Waals surface area contributed by atoms with Crippen LogP contribution in [0.1, 0.15) is 43.9 Å². The molecule has 0 bridgehead atoms. The van der Waals surface area contributed by atoms with Gasteiger partial charge in [-0.05, 0) is 58.0 Å². The molecular weight excluding hydrogens is 267 g/mol. The Labute approximate surface area is 127 Å². The minimum atomic E-state index is -0.659. The molecule has 4 heteroatoms. The largest absolute Gasteiger partial charge is 0.389 e. The number of anilines is 1. The molecule has 0 aromatic heterocycles. The molecule has 0 amide bonds.